The number of ether oxygens (including phenoxy) is 1. The number of carbonyl (C=O) groups excluding carboxylic acids is 1. The number of carbonyl (C=O) groups is 2. The van der Waals surface area contributed by atoms with Crippen LogP contribution in [0.1, 0.15) is 26.3 Å². The summed E-state index contributed by atoms with van der Waals surface area (Å²) in [4.78, 5) is 24.1. The summed E-state index contributed by atoms with van der Waals surface area (Å²) in [5.74, 6) is -2.96. The smallest absolute Gasteiger partial charge is 0.415 e. The highest BCUT2D eigenvalue weighted by molar-refractivity contribution is 5.98. The van der Waals surface area contributed by atoms with Crippen molar-refractivity contribution in [3.63, 3.8) is 0 Å². The molecule has 0 aromatic heterocycles. The molecule has 1 amide bonds. The van der Waals surface area contributed by atoms with E-state index < -0.39 is 35.3 Å². The molecule has 0 bridgehead atoms. The third kappa shape index (κ3) is 2.81. The minimum absolute atomic E-state index is 0.131. The van der Waals surface area contributed by atoms with Crippen molar-refractivity contribution in [2.75, 3.05) is 4.90 Å². The fraction of sp³-hybridized carbons (Fsp3) is 0.429. The highest BCUT2D eigenvalue weighted by Gasteiger charge is 2.43. The zero-order valence-corrected chi connectivity index (χ0v) is 11.8. The summed E-state index contributed by atoms with van der Waals surface area (Å²) in [6.45, 7) is 4.79. The second-order valence-corrected chi connectivity index (χ2v) is 5.76. The summed E-state index contributed by atoms with van der Waals surface area (Å²) in [5, 5.41) is 9.19. The molecule has 0 saturated carbocycles. The molecule has 0 aliphatic carbocycles. The highest BCUT2D eigenvalue weighted by atomic mass is 19.1. The van der Waals surface area contributed by atoms with Gasteiger partial charge in [-0.15, -0.1) is 0 Å². The summed E-state index contributed by atoms with van der Waals surface area (Å²) in [5.41, 5.74) is -1.38. The van der Waals surface area contributed by atoms with Crippen molar-refractivity contribution in [2.45, 2.75) is 38.8 Å². The fourth-order valence-electron chi connectivity index (χ4n) is 2.21. The molecule has 1 N–H and O–H groups in total. The van der Waals surface area contributed by atoms with Gasteiger partial charge in [0.05, 0.1) is 5.69 Å². The predicted molar refractivity (Wildman–Crippen MR) is 70.2 cm³/mol. The van der Waals surface area contributed by atoms with Crippen molar-refractivity contribution in [1.82, 2.24) is 0 Å². The number of fused-ring (bicyclic) bond motifs is 1. The Bertz CT molecular complexity index is 610. The summed E-state index contributed by atoms with van der Waals surface area (Å²) in [7, 11) is 0. The minimum atomic E-state index is -1.39. The lowest BCUT2D eigenvalue weighted by Gasteiger charge is -2.27. The Balaban J connectivity index is 2.50. The van der Waals surface area contributed by atoms with Crippen LogP contribution in [-0.4, -0.2) is 28.8 Å². The molecule has 0 spiro atoms. The van der Waals surface area contributed by atoms with Crippen LogP contribution in [0.5, 0.6) is 0 Å². The van der Waals surface area contributed by atoms with Crippen molar-refractivity contribution in [3.8, 4) is 0 Å². The first kappa shape index (κ1) is 15.2. The standard InChI is InChI=1S/C14H15F2NO4/c1-14(2,3)21-13(20)17-10(12(18)19)6-7-8(15)4-5-9(16)11(7)17/h4-5,10H,6H2,1-3H3,(H,18,19)/t10-/m0/s1. The van der Waals surface area contributed by atoms with Gasteiger partial charge in [0.25, 0.3) is 0 Å². The summed E-state index contributed by atoms with van der Waals surface area (Å²) in [6, 6.07) is 0.378. The molecule has 0 radical (unpaired) electrons. The van der Waals surface area contributed by atoms with Gasteiger partial charge in [-0.25, -0.2) is 18.4 Å². The lowest BCUT2D eigenvalue weighted by molar-refractivity contribution is -0.138. The molecule has 0 unspecified atom stereocenters. The normalized spacial score (nSPS) is 17.6. The predicted octanol–water partition coefficient (Wildman–Crippen LogP) is 2.72. The molecule has 5 nitrogen and oxygen atoms in total. The molecular formula is C14H15F2NO4. The van der Waals surface area contributed by atoms with Crippen LogP contribution in [0.3, 0.4) is 0 Å². The Morgan fingerprint density at radius 2 is 1.86 bits per heavy atom. The fourth-order valence-corrected chi connectivity index (χ4v) is 2.21. The first-order valence-electron chi connectivity index (χ1n) is 6.33. The number of carboxylic acid groups (broad SMARTS) is 1. The van der Waals surface area contributed by atoms with E-state index in [1.54, 1.807) is 20.8 Å². The molecule has 1 aromatic carbocycles. The average molecular weight is 299 g/mol. The summed E-state index contributed by atoms with van der Waals surface area (Å²) >= 11 is 0. The van der Waals surface area contributed by atoms with Crippen molar-refractivity contribution >= 4 is 17.7 Å². The number of rotatable bonds is 1. The van der Waals surface area contributed by atoms with Gasteiger partial charge in [0.1, 0.15) is 23.3 Å². The van der Waals surface area contributed by atoms with E-state index in [1.807, 2.05) is 0 Å². The molecule has 1 heterocycles. The Hall–Kier alpha value is -2.18. The number of anilines is 1. The van der Waals surface area contributed by atoms with Gasteiger partial charge in [0, 0.05) is 12.0 Å². The molecule has 2 rings (SSSR count). The van der Waals surface area contributed by atoms with Crippen LogP contribution in [0.4, 0.5) is 19.3 Å². The van der Waals surface area contributed by atoms with Crippen LogP contribution < -0.4 is 4.90 Å². The van der Waals surface area contributed by atoms with Crippen molar-refractivity contribution < 1.29 is 28.2 Å². The zero-order valence-electron chi connectivity index (χ0n) is 11.8. The number of hydrogen-bond donors (Lipinski definition) is 1. The number of nitrogens with zero attached hydrogens (tertiary/aromatic N) is 1. The van der Waals surface area contributed by atoms with E-state index in [0.717, 1.165) is 12.1 Å². The van der Waals surface area contributed by atoms with Gasteiger partial charge in [0.15, 0.2) is 0 Å². The van der Waals surface area contributed by atoms with Gasteiger partial charge in [-0.1, -0.05) is 0 Å². The number of amides is 1. The Labute approximate surface area is 120 Å². The highest BCUT2D eigenvalue weighted by Crippen LogP contribution is 2.37. The third-order valence-electron chi connectivity index (χ3n) is 3.00. The molecule has 1 aliphatic heterocycles. The van der Waals surface area contributed by atoms with E-state index in [0.29, 0.717) is 4.90 Å². The second-order valence-electron chi connectivity index (χ2n) is 5.76. The van der Waals surface area contributed by atoms with Crippen LogP contribution in [0, 0.1) is 11.6 Å². The number of benzene rings is 1. The maximum Gasteiger partial charge on any atom is 0.415 e. The van der Waals surface area contributed by atoms with E-state index in [2.05, 4.69) is 0 Å². The minimum Gasteiger partial charge on any atom is -0.480 e. The van der Waals surface area contributed by atoms with Crippen LogP contribution in [0.25, 0.3) is 0 Å². The largest absolute Gasteiger partial charge is 0.480 e. The molecule has 0 fully saturated rings. The Morgan fingerprint density at radius 1 is 1.29 bits per heavy atom. The van der Waals surface area contributed by atoms with Gasteiger partial charge in [-0.05, 0) is 32.9 Å². The second kappa shape index (κ2) is 4.98. The number of aliphatic carboxylic acids is 1. The Morgan fingerprint density at radius 3 is 2.38 bits per heavy atom. The van der Waals surface area contributed by atoms with Crippen LogP contribution in [0.15, 0.2) is 12.1 Å². The number of carboxylic acids is 1. The van der Waals surface area contributed by atoms with E-state index in [-0.39, 0.29) is 17.7 Å². The van der Waals surface area contributed by atoms with E-state index in [1.165, 1.54) is 0 Å². The molecule has 1 aromatic rings. The molecule has 7 heteroatoms. The van der Waals surface area contributed by atoms with Gasteiger partial charge < -0.3 is 9.84 Å². The first-order valence-corrected chi connectivity index (χ1v) is 6.33. The molecule has 21 heavy (non-hydrogen) atoms. The topological polar surface area (TPSA) is 66.8 Å². The monoisotopic (exact) mass is 299 g/mol. The van der Waals surface area contributed by atoms with E-state index >= 15 is 0 Å². The molecule has 1 atom stereocenters. The summed E-state index contributed by atoms with van der Waals surface area (Å²) < 4.78 is 32.8. The molecule has 0 saturated heterocycles. The van der Waals surface area contributed by atoms with Gasteiger partial charge >= 0.3 is 12.1 Å². The number of hydrogen-bond acceptors (Lipinski definition) is 3. The summed E-state index contributed by atoms with van der Waals surface area (Å²) in [6.07, 6.45) is -1.31. The average Bonchev–Trinajstić information content (AvgIpc) is 2.73. The third-order valence-corrected chi connectivity index (χ3v) is 3.00. The van der Waals surface area contributed by atoms with Crippen LogP contribution >= 0.6 is 0 Å². The maximum absolute atomic E-state index is 13.9. The molecular weight excluding hydrogens is 284 g/mol. The van der Waals surface area contributed by atoms with Gasteiger partial charge in [-0.3, -0.25) is 4.90 Å². The molecule has 114 valence electrons. The Kier molecular flexibility index (Phi) is 3.61. The number of halogens is 2. The molecule has 1 aliphatic rings. The maximum atomic E-state index is 13.9. The van der Waals surface area contributed by atoms with Crippen LogP contribution in [-0.2, 0) is 16.0 Å². The lowest BCUT2D eigenvalue weighted by atomic mass is 10.1. The zero-order chi connectivity index (χ0) is 15.9. The first-order chi connectivity index (χ1) is 9.61. The quantitative estimate of drug-likeness (QED) is 0.866. The van der Waals surface area contributed by atoms with E-state index in [9.17, 15) is 23.5 Å². The van der Waals surface area contributed by atoms with Crippen molar-refractivity contribution in [3.05, 3.63) is 29.3 Å². The SMILES string of the molecule is CC(C)(C)OC(=O)N1c2c(F)ccc(F)c2C[C@H]1C(=O)O. The van der Waals surface area contributed by atoms with Crippen LogP contribution in [0.2, 0.25) is 0 Å². The van der Waals surface area contributed by atoms with Gasteiger partial charge in [0.2, 0.25) is 0 Å². The van der Waals surface area contributed by atoms with Gasteiger partial charge in [-0.2, -0.15) is 0 Å². The van der Waals surface area contributed by atoms with E-state index in [4.69, 9.17) is 4.74 Å². The van der Waals surface area contributed by atoms with Crippen molar-refractivity contribution in [1.29, 1.82) is 0 Å². The van der Waals surface area contributed by atoms with Crippen molar-refractivity contribution in [2.24, 2.45) is 0 Å². The lowest BCUT2D eigenvalue weighted by Crippen LogP contribution is -2.45.